The highest BCUT2D eigenvalue weighted by molar-refractivity contribution is 5.96. The fourth-order valence-corrected chi connectivity index (χ4v) is 2.80. The first-order chi connectivity index (χ1) is 12.9. The second-order valence-electron chi connectivity index (χ2n) is 6.07. The van der Waals surface area contributed by atoms with Gasteiger partial charge in [0, 0.05) is 12.1 Å². The van der Waals surface area contributed by atoms with Crippen LogP contribution in [0, 0.1) is 0 Å². The molecule has 9 nitrogen and oxygen atoms in total. The molecule has 0 aliphatic carbocycles. The minimum absolute atomic E-state index is 0.359. The maximum absolute atomic E-state index is 12.2. The van der Waals surface area contributed by atoms with Crippen molar-refractivity contribution >= 4 is 23.7 Å². The average Bonchev–Trinajstić information content (AvgIpc) is 2.70. The highest BCUT2D eigenvalue weighted by Gasteiger charge is 2.30. The van der Waals surface area contributed by atoms with Gasteiger partial charge in [0.1, 0.15) is 18.3 Å². The summed E-state index contributed by atoms with van der Waals surface area (Å²) in [6.07, 6.45) is 2.09. The molecule has 1 saturated heterocycles. The standard InChI is InChI=1S/C18H23N3O6/c1-26-13-7-5-12(6-8-13)18(25)20-10-16(23)27-11-15(22)21-9-3-2-4-14(21)17(19)24/h5-8,14H,2-4,9-11H2,1H3,(H2,19,24)(H,20,25)/t14-/m0/s1. The van der Waals surface area contributed by atoms with E-state index in [9.17, 15) is 19.2 Å². The highest BCUT2D eigenvalue weighted by Crippen LogP contribution is 2.17. The number of carbonyl (C=O) groups excluding carboxylic acids is 4. The number of likely N-dealkylation sites (tertiary alicyclic amines) is 1. The molecule has 1 aromatic carbocycles. The molecule has 1 heterocycles. The molecular weight excluding hydrogens is 354 g/mol. The van der Waals surface area contributed by atoms with E-state index in [0.717, 1.165) is 12.8 Å². The lowest BCUT2D eigenvalue weighted by atomic mass is 10.0. The molecule has 0 spiro atoms. The van der Waals surface area contributed by atoms with E-state index >= 15 is 0 Å². The minimum Gasteiger partial charge on any atom is -0.497 e. The first kappa shape index (κ1) is 20.2. The van der Waals surface area contributed by atoms with Crippen LogP contribution in [0.3, 0.4) is 0 Å². The third kappa shape index (κ3) is 5.70. The number of carbonyl (C=O) groups is 4. The molecule has 0 saturated carbocycles. The van der Waals surface area contributed by atoms with Crippen LogP contribution >= 0.6 is 0 Å². The summed E-state index contributed by atoms with van der Waals surface area (Å²) >= 11 is 0. The maximum Gasteiger partial charge on any atom is 0.325 e. The largest absolute Gasteiger partial charge is 0.497 e. The van der Waals surface area contributed by atoms with Crippen LogP contribution in [0.2, 0.25) is 0 Å². The smallest absolute Gasteiger partial charge is 0.325 e. The summed E-state index contributed by atoms with van der Waals surface area (Å²) in [5.41, 5.74) is 5.67. The van der Waals surface area contributed by atoms with E-state index in [4.69, 9.17) is 15.2 Å². The SMILES string of the molecule is COc1ccc(C(=O)NCC(=O)OCC(=O)N2CCCC[C@H]2C(N)=O)cc1. The van der Waals surface area contributed by atoms with Gasteiger partial charge in [-0.1, -0.05) is 0 Å². The number of methoxy groups -OCH3 is 1. The van der Waals surface area contributed by atoms with Gasteiger partial charge in [0.2, 0.25) is 5.91 Å². The van der Waals surface area contributed by atoms with E-state index in [1.54, 1.807) is 24.3 Å². The predicted molar refractivity (Wildman–Crippen MR) is 94.8 cm³/mol. The van der Waals surface area contributed by atoms with Crippen molar-refractivity contribution < 1.29 is 28.7 Å². The van der Waals surface area contributed by atoms with Crippen molar-refractivity contribution in [3.8, 4) is 5.75 Å². The number of ether oxygens (including phenoxy) is 2. The zero-order valence-electron chi connectivity index (χ0n) is 15.1. The monoisotopic (exact) mass is 377 g/mol. The molecule has 27 heavy (non-hydrogen) atoms. The fraction of sp³-hybridized carbons (Fsp3) is 0.444. The number of piperidine rings is 1. The van der Waals surface area contributed by atoms with Gasteiger partial charge in [0.05, 0.1) is 7.11 Å². The van der Waals surface area contributed by atoms with Crippen molar-refractivity contribution in [2.45, 2.75) is 25.3 Å². The molecule has 1 aliphatic heterocycles. The van der Waals surface area contributed by atoms with Crippen LogP contribution in [0.4, 0.5) is 0 Å². The summed E-state index contributed by atoms with van der Waals surface area (Å²) in [5, 5.41) is 2.41. The van der Waals surface area contributed by atoms with E-state index in [1.165, 1.54) is 12.0 Å². The van der Waals surface area contributed by atoms with E-state index in [2.05, 4.69) is 5.32 Å². The number of nitrogens with two attached hydrogens (primary N) is 1. The van der Waals surface area contributed by atoms with Crippen molar-refractivity contribution in [2.24, 2.45) is 5.73 Å². The molecule has 0 bridgehead atoms. The van der Waals surface area contributed by atoms with Crippen LogP contribution < -0.4 is 15.8 Å². The van der Waals surface area contributed by atoms with Gasteiger partial charge in [-0.3, -0.25) is 19.2 Å². The summed E-state index contributed by atoms with van der Waals surface area (Å²) < 4.78 is 9.89. The Hall–Kier alpha value is -3.10. The lowest BCUT2D eigenvalue weighted by Gasteiger charge is -2.33. The van der Waals surface area contributed by atoms with E-state index in [0.29, 0.717) is 24.3 Å². The second kappa shape index (κ2) is 9.56. The van der Waals surface area contributed by atoms with Crippen LogP contribution in [0.5, 0.6) is 5.75 Å². The molecular formula is C18H23N3O6. The Morgan fingerprint density at radius 2 is 1.89 bits per heavy atom. The van der Waals surface area contributed by atoms with Crippen molar-refractivity contribution in [3.05, 3.63) is 29.8 Å². The van der Waals surface area contributed by atoms with E-state index < -0.39 is 36.3 Å². The number of benzene rings is 1. The first-order valence-corrected chi connectivity index (χ1v) is 8.59. The summed E-state index contributed by atoms with van der Waals surface area (Å²) in [6, 6.07) is 5.70. The number of nitrogens with one attached hydrogen (secondary N) is 1. The Kier molecular flexibility index (Phi) is 7.16. The van der Waals surface area contributed by atoms with E-state index in [-0.39, 0.29) is 6.54 Å². The lowest BCUT2D eigenvalue weighted by Crippen LogP contribution is -2.51. The van der Waals surface area contributed by atoms with Gasteiger partial charge in [-0.2, -0.15) is 0 Å². The quantitative estimate of drug-likeness (QED) is 0.635. The Morgan fingerprint density at radius 1 is 1.19 bits per heavy atom. The second-order valence-corrected chi connectivity index (χ2v) is 6.07. The predicted octanol–water partition coefficient (Wildman–Crippen LogP) is -0.165. The molecule has 0 unspecified atom stereocenters. The van der Waals surface area contributed by atoms with Gasteiger partial charge in [-0.15, -0.1) is 0 Å². The van der Waals surface area contributed by atoms with Crippen LogP contribution in [0.25, 0.3) is 0 Å². The molecule has 1 aromatic rings. The first-order valence-electron chi connectivity index (χ1n) is 8.59. The Balaban J connectivity index is 1.77. The zero-order chi connectivity index (χ0) is 19.8. The lowest BCUT2D eigenvalue weighted by molar-refractivity contribution is -0.154. The van der Waals surface area contributed by atoms with Gasteiger partial charge in [-0.05, 0) is 43.5 Å². The zero-order valence-corrected chi connectivity index (χ0v) is 15.1. The van der Waals surface area contributed by atoms with Crippen LogP contribution in [-0.2, 0) is 19.1 Å². The van der Waals surface area contributed by atoms with Crippen LogP contribution in [0.15, 0.2) is 24.3 Å². The van der Waals surface area contributed by atoms with Crippen LogP contribution in [-0.4, -0.2) is 61.4 Å². The fourth-order valence-electron chi connectivity index (χ4n) is 2.80. The van der Waals surface area contributed by atoms with Crippen molar-refractivity contribution in [2.75, 3.05) is 26.8 Å². The molecule has 3 amide bonds. The van der Waals surface area contributed by atoms with Gasteiger partial charge < -0.3 is 25.4 Å². The topological polar surface area (TPSA) is 128 Å². The molecule has 146 valence electrons. The van der Waals surface area contributed by atoms with Crippen molar-refractivity contribution in [3.63, 3.8) is 0 Å². The van der Waals surface area contributed by atoms with Gasteiger partial charge in [-0.25, -0.2) is 0 Å². The molecule has 1 fully saturated rings. The van der Waals surface area contributed by atoms with Gasteiger partial charge in [0.15, 0.2) is 6.61 Å². The number of nitrogens with zero attached hydrogens (tertiary/aromatic N) is 1. The molecule has 3 N–H and O–H groups in total. The molecule has 1 aliphatic rings. The maximum atomic E-state index is 12.2. The summed E-state index contributed by atoms with van der Waals surface area (Å²) in [7, 11) is 1.52. The average molecular weight is 377 g/mol. The van der Waals surface area contributed by atoms with Gasteiger partial charge >= 0.3 is 5.97 Å². The van der Waals surface area contributed by atoms with Crippen molar-refractivity contribution in [1.29, 1.82) is 0 Å². The van der Waals surface area contributed by atoms with E-state index in [1.807, 2.05) is 0 Å². The Morgan fingerprint density at radius 3 is 2.52 bits per heavy atom. The summed E-state index contributed by atoms with van der Waals surface area (Å²) in [6.45, 7) is -0.476. The van der Waals surface area contributed by atoms with Gasteiger partial charge in [0.25, 0.3) is 11.8 Å². The molecule has 2 rings (SSSR count). The molecule has 1 atom stereocenters. The third-order valence-electron chi connectivity index (χ3n) is 4.25. The number of rotatable bonds is 7. The molecule has 0 aromatic heterocycles. The number of primary amides is 1. The van der Waals surface area contributed by atoms with Crippen LogP contribution in [0.1, 0.15) is 29.6 Å². The summed E-state index contributed by atoms with van der Waals surface area (Å²) in [4.78, 5) is 48.7. The molecule has 9 heteroatoms. The minimum atomic E-state index is -0.752. The number of hydrogen-bond acceptors (Lipinski definition) is 6. The Bertz CT molecular complexity index is 704. The highest BCUT2D eigenvalue weighted by atomic mass is 16.5. The van der Waals surface area contributed by atoms with Crippen molar-refractivity contribution in [1.82, 2.24) is 10.2 Å². The normalized spacial score (nSPS) is 16.3. The summed E-state index contributed by atoms with van der Waals surface area (Å²) in [5.74, 6) is -1.64. The number of amides is 3. The Labute approximate surface area is 156 Å². The molecule has 0 radical (unpaired) electrons. The number of esters is 1. The number of hydrogen-bond donors (Lipinski definition) is 2. The third-order valence-corrected chi connectivity index (χ3v) is 4.25.